The van der Waals surface area contributed by atoms with Crippen molar-refractivity contribution in [2.75, 3.05) is 33.4 Å². The number of hydrogen-bond acceptors (Lipinski definition) is 7. The molecule has 1 atom stereocenters. The minimum absolute atomic E-state index is 0.0323. The standard InChI is InChI=1S/C22H28N6O3/c1-16(17-3-4-19-14-20(30-2)6-5-18(19)13-17)23-22(29)7-8-28-21(24-25-26-28)15-27-9-11-31-12-10-27/h3-6,13-14,16H,7-12,15H2,1-2H3,(H,23,29)/t16-/m0/s1. The molecule has 2 aromatic carbocycles. The smallest absolute Gasteiger partial charge is 0.222 e. The van der Waals surface area contributed by atoms with E-state index in [1.54, 1.807) is 11.8 Å². The molecule has 9 nitrogen and oxygen atoms in total. The second kappa shape index (κ2) is 9.84. The Hall–Kier alpha value is -3.04. The maximum absolute atomic E-state index is 12.5. The van der Waals surface area contributed by atoms with Gasteiger partial charge in [0.2, 0.25) is 5.91 Å². The summed E-state index contributed by atoms with van der Waals surface area (Å²) in [5, 5.41) is 17.2. The van der Waals surface area contributed by atoms with Crippen LogP contribution in [0.15, 0.2) is 36.4 Å². The number of aromatic nitrogens is 4. The third kappa shape index (κ3) is 5.36. The van der Waals surface area contributed by atoms with Crippen LogP contribution in [0.25, 0.3) is 10.8 Å². The summed E-state index contributed by atoms with van der Waals surface area (Å²) in [4.78, 5) is 14.8. The number of rotatable bonds is 8. The quantitative estimate of drug-likeness (QED) is 0.590. The van der Waals surface area contributed by atoms with Gasteiger partial charge in [-0.2, -0.15) is 0 Å². The van der Waals surface area contributed by atoms with Crippen LogP contribution in [0.4, 0.5) is 0 Å². The Kier molecular flexibility index (Phi) is 6.73. The highest BCUT2D eigenvalue weighted by molar-refractivity contribution is 5.85. The molecular weight excluding hydrogens is 396 g/mol. The zero-order valence-electron chi connectivity index (χ0n) is 18.0. The van der Waals surface area contributed by atoms with E-state index in [0.717, 1.165) is 54.2 Å². The van der Waals surface area contributed by atoms with Crippen molar-refractivity contribution in [2.24, 2.45) is 0 Å². The Labute approximate surface area is 181 Å². The van der Waals surface area contributed by atoms with E-state index in [4.69, 9.17) is 9.47 Å². The van der Waals surface area contributed by atoms with Crippen molar-refractivity contribution < 1.29 is 14.3 Å². The number of aryl methyl sites for hydroxylation is 1. The van der Waals surface area contributed by atoms with Gasteiger partial charge in [-0.15, -0.1) is 5.10 Å². The van der Waals surface area contributed by atoms with Gasteiger partial charge in [0, 0.05) is 19.5 Å². The second-order valence-electron chi connectivity index (χ2n) is 7.72. The molecule has 0 radical (unpaired) electrons. The lowest BCUT2D eigenvalue weighted by molar-refractivity contribution is -0.122. The molecule has 31 heavy (non-hydrogen) atoms. The zero-order chi connectivity index (χ0) is 21.6. The van der Waals surface area contributed by atoms with Gasteiger partial charge < -0.3 is 14.8 Å². The molecule has 1 N–H and O–H groups in total. The van der Waals surface area contributed by atoms with Crippen molar-refractivity contribution >= 4 is 16.7 Å². The third-order valence-corrected chi connectivity index (χ3v) is 5.57. The van der Waals surface area contributed by atoms with E-state index in [-0.39, 0.29) is 11.9 Å². The molecule has 9 heteroatoms. The molecule has 3 aromatic rings. The van der Waals surface area contributed by atoms with Crippen LogP contribution in [-0.2, 0) is 22.6 Å². The number of tetrazole rings is 1. The highest BCUT2D eigenvalue weighted by Crippen LogP contribution is 2.24. The van der Waals surface area contributed by atoms with Gasteiger partial charge in [0.15, 0.2) is 5.82 Å². The fraction of sp³-hybridized carbons (Fsp3) is 0.455. The van der Waals surface area contributed by atoms with Crippen LogP contribution in [-0.4, -0.2) is 64.4 Å². The SMILES string of the molecule is COc1ccc2cc([C@H](C)NC(=O)CCn3nnnc3CN3CCOCC3)ccc2c1. The monoisotopic (exact) mass is 424 g/mol. The summed E-state index contributed by atoms with van der Waals surface area (Å²) in [6, 6.07) is 12.1. The van der Waals surface area contributed by atoms with Crippen molar-refractivity contribution in [2.45, 2.75) is 32.5 Å². The fourth-order valence-corrected chi connectivity index (χ4v) is 3.71. The van der Waals surface area contributed by atoms with Crippen LogP contribution in [0.5, 0.6) is 5.75 Å². The number of carbonyl (C=O) groups excluding carboxylic acids is 1. The number of nitrogens with one attached hydrogen (secondary N) is 1. The van der Waals surface area contributed by atoms with Crippen LogP contribution in [0.3, 0.4) is 0 Å². The normalized spacial score (nSPS) is 15.7. The van der Waals surface area contributed by atoms with Crippen LogP contribution in [0.1, 0.15) is 30.8 Å². The van der Waals surface area contributed by atoms with Gasteiger partial charge in [0.1, 0.15) is 5.75 Å². The van der Waals surface area contributed by atoms with Gasteiger partial charge in [-0.25, -0.2) is 4.68 Å². The van der Waals surface area contributed by atoms with Gasteiger partial charge in [0.05, 0.1) is 39.5 Å². The molecule has 0 spiro atoms. The molecule has 1 amide bonds. The molecule has 0 unspecified atom stereocenters. The van der Waals surface area contributed by atoms with Crippen molar-refractivity contribution in [3.05, 3.63) is 47.8 Å². The van der Waals surface area contributed by atoms with Gasteiger partial charge in [-0.1, -0.05) is 18.2 Å². The summed E-state index contributed by atoms with van der Waals surface area (Å²) in [6.07, 6.45) is 0.316. The average Bonchev–Trinajstić information content (AvgIpc) is 3.24. The number of nitrogens with zero attached hydrogens (tertiary/aromatic N) is 5. The number of benzene rings is 2. The number of fused-ring (bicyclic) bond motifs is 1. The Morgan fingerprint density at radius 3 is 2.77 bits per heavy atom. The second-order valence-corrected chi connectivity index (χ2v) is 7.72. The lowest BCUT2D eigenvalue weighted by Gasteiger charge is -2.25. The number of morpholine rings is 1. The first-order valence-corrected chi connectivity index (χ1v) is 10.5. The summed E-state index contributed by atoms with van der Waals surface area (Å²) >= 11 is 0. The first-order valence-electron chi connectivity index (χ1n) is 10.5. The summed E-state index contributed by atoms with van der Waals surface area (Å²) in [5.74, 6) is 1.57. The molecule has 1 saturated heterocycles. The Morgan fingerprint density at radius 1 is 1.19 bits per heavy atom. The van der Waals surface area contributed by atoms with E-state index in [1.165, 1.54) is 0 Å². The number of ether oxygens (including phenoxy) is 2. The van der Waals surface area contributed by atoms with Crippen molar-refractivity contribution in [3.8, 4) is 5.75 Å². The summed E-state index contributed by atoms with van der Waals surface area (Å²) in [7, 11) is 1.66. The molecular formula is C22H28N6O3. The van der Waals surface area contributed by atoms with E-state index >= 15 is 0 Å². The summed E-state index contributed by atoms with van der Waals surface area (Å²) in [5.41, 5.74) is 1.06. The summed E-state index contributed by atoms with van der Waals surface area (Å²) < 4.78 is 12.4. The first-order chi connectivity index (χ1) is 15.1. The van der Waals surface area contributed by atoms with E-state index in [9.17, 15) is 4.79 Å². The molecule has 0 aliphatic carbocycles. The van der Waals surface area contributed by atoms with E-state index in [2.05, 4.69) is 37.9 Å². The molecule has 164 valence electrons. The van der Waals surface area contributed by atoms with Gasteiger partial charge in [-0.05, 0) is 51.9 Å². The predicted octanol–water partition coefficient (Wildman–Crippen LogP) is 1.93. The van der Waals surface area contributed by atoms with E-state index in [0.29, 0.717) is 19.5 Å². The lowest BCUT2D eigenvalue weighted by Crippen LogP contribution is -2.36. The van der Waals surface area contributed by atoms with Gasteiger partial charge >= 0.3 is 0 Å². The lowest BCUT2D eigenvalue weighted by atomic mass is 10.0. The third-order valence-electron chi connectivity index (χ3n) is 5.57. The van der Waals surface area contributed by atoms with Crippen LogP contribution >= 0.6 is 0 Å². The Balaban J connectivity index is 1.32. The fourth-order valence-electron chi connectivity index (χ4n) is 3.71. The molecule has 1 aliphatic rings. The minimum Gasteiger partial charge on any atom is -0.497 e. The van der Waals surface area contributed by atoms with Crippen LogP contribution in [0.2, 0.25) is 0 Å². The zero-order valence-corrected chi connectivity index (χ0v) is 18.0. The van der Waals surface area contributed by atoms with Crippen molar-refractivity contribution in [1.82, 2.24) is 30.4 Å². The number of hydrogen-bond donors (Lipinski definition) is 1. The average molecular weight is 425 g/mol. The first kappa shape index (κ1) is 21.2. The molecule has 1 aromatic heterocycles. The van der Waals surface area contributed by atoms with E-state index in [1.807, 2.05) is 31.2 Å². The van der Waals surface area contributed by atoms with Crippen LogP contribution in [0, 0.1) is 0 Å². The molecule has 1 fully saturated rings. The molecule has 4 rings (SSSR count). The van der Waals surface area contributed by atoms with E-state index < -0.39 is 0 Å². The number of methoxy groups -OCH3 is 1. The highest BCUT2D eigenvalue weighted by Gasteiger charge is 2.16. The molecule has 1 aliphatic heterocycles. The highest BCUT2D eigenvalue weighted by atomic mass is 16.5. The van der Waals surface area contributed by atoms with Crippen LogP contribution < -0.4 is 10.1 Å². The number of amides is 1. The largest absolute Gasteiger partial charge is 0.497 e. The maximum atomic E-state index is 12.5. The maximum Gasteiger partial charge on any atom is 0.222 e. The Morgan fingerprint density at radius 2 is 1.97 bits per heavy atom. The Bertz CT molecular complexity index is 1030. The topological polar surface area (TPSA) is 94.4 Å². The predicted molar refractivity (Wildman–Crippen MR) is 116 cm³/mol. The molecule has 2 heterocycles. The minimum atomic E-state index is -0.0966. The van der Waals surface area contributed by atoms with Gasteiger partial charge in [-0.3, -0.25) is 9.69 Å². The molecule has 0 saturated carbocycles. The molecule has 0 bridgehead atoms. The number of carbonyl (C=O) groups is 1. The summed E-state index contributed by atoms with van der Waals surface area (Å²) in [6.45, 7) is 6.28. The van der Waals surface area contributed by atoms with Crippen molar-refractivity contribution in [1.29, 1.82) is 0 Å². The van der Waals surface area contributed by atoms with Crippen molar-refractivity contribution in [3.63, 3.8) is 0 Å². The van der Waals surface area contributed by atoms with Gasteiger partial charge in [0.25, 0.3) is 0 Å².